The summed E-state index contributed by atoms with van der Waals surface area (Å²) in [6.07, 6.45) is 3.16. The lowest BCUT2D eigenvalue weighted by Crippen LogP contribution is -2.22. The van der Waals surface area contributed by atoms with Gasteiger partial charge in [0.25, 0.3) is 5.91 Å². The smallest absolute Gasteiger partial charge is 0.251 e. The Labute approximate surface area is 195 Å². The lowest BCUT2D eigenvalue weighted by Gasteiger charge is -2.11. The van der Waals surface area contributed by atoms with Gasteiger partial charge in [-0.2, -0.15) is 0 Å². The summed E-state index contributed by atoms with van der Waals surface area (Å²) in [5, 5.41) is 2.93. The Hall–Kier alpha value is -4.59. The van der Waals surface area contributed by atoms with Crippen molar-refractivity contribution in [3.8, 4) is 34.4 Å². The number of nitrogens with one attached hydrogen (secondary N) is 1. The summed E-state index contributed by atoms with van der Waals surface area (Å²) < 4.78 is 21.7. The Bertz CT molecular complexity index is 1440. The van der Waals surface area contributed by atoms with Crippen LogP contribution in [0.3, 0.4) is 0 Å². The Morgan fingerprint density at radius 3 is 2.12 bits per heavy atom. The van der Waals surface area contributed by atoms with Crippen LogP contribution in [0, 0.1) is 0 Å². The lowest BCUT2D eigenvalue weighted by atomic mass is 10.1. The zero-order valence-corrected chi connectivity index (χ0v) is 18.6. The molecule has 0 fully saturated rings. The second-order valence-electron chi connectivity index (χ2n) is 7.45. The molecule has 0 bridgehead atoms. The van der Waals surface area contributed by atoms with Gasteiger partial charge in [0.2, 0.25) is 0 Å². The van der Waals surface area contributed by atoms with Crippen molar-refractivity contribution in [1.29, 1.82) is 0 Å². The first-order chi connectivity index (χ1) is 16.7. The number of aromatic nitrogens is 2. The minimum atomic E-state index is -0.229. The first kappa shape index (κ1) is 21.3. The van der Waals surface area contributed by atoms with Crippen molar-refractivity contribution < 1.29 is 23.1 Å². The van der Waals surface area contributed by atoms with Gasteiger partial charge in [-0.25, -0.2) is 9.97 Å². The standard InChI is InChI=1S/C26H21N3O5/c1-31-20-10-7-16(13-23(20)32-2)15-27-26(30)17-8-9-18-19(14-17)29-25(22-6-4-12-34-22)24(28-18)21-5-3-11-33-21/h3-14H,15H2,1-2H3,(H,27,30). The average Bonchev–Trinajstić information content (AvgIpc) is 3.61. The molecule has 170 valence electrons. The third kappa shape index (κ3) is 4.09. The fourth-order valence-corrected chi connectivity index (χ4v) is 3.64. The number of hydrogen-bond acceptors (Lipinski definition) is 7. The van der Waals surface area contributed by atoms with Crippen LogP contribution in [-0.4, -0.2) is 30.1 Å². The highest BCUT2D eigenvalue weighted by Gasteiger charge is 2.18. The van der Waals surface area contributed by atoms with Gasteiger partial charge in [-0.1, -0.05) is 6.07 Å². The van der Waals surface area contributed by atoms with Crippen LogP contribution in [-0.2, 0) is 6.54 Å². The molecule has 0 spiro atoms. The third-order valence-electron chi connectivity index (χ3n) is 5.34. The van der Waals surface area contributed by atoms with Crippen molar-refractivity contribution in [3.05, 3.63) is 84.3 Å². The fourth-order valence-electron chi connectivity index (χ4n) is 3.64. The predicted molar refractivity (Wildman–Crippen MR) is 126 cm³/mol. The number of furan rings is 2. The minimum Gasteiger partial charge on any atom is -0.493 e. The number of ether oxygens (including phenoxy) is 2. The second kappa shape index (κ2) is 9.11. The van der Waals surface area contributed by atoms with Crippen LogP contribution in [0.15, 0.2) is 82.0 Å². The first-order valence-corrected chi connectivity index (χ1v) is 10.5. The van der Waals surface area contributed by atoms with Crippen molar-refractivity contribution in [1.82, 2.24) is 15.3 Å². The molecule has 5 rings (SSSR count). The fraction of sp³-hybridized carbons (Fsp3) is 0.115. The van der Waals surface area contributed by atoms with E-state index in [-0.39, 0.29) is 5.91 Å². The largest absolute Gasteiger partial charge is 0.493 e. The number of benzene rings is 2. The van der Waals surface area contributed by atoms with Gasteiger partial charge in [-0.3, -0.25) is 4.79 Å². The Kier molecular flexibility index (Phi) is 5.70. The molecule has 0 unspecified atom stereocenters. The van der Waals surface area contributed by atoms with E-state index in [9.17, 15) is 4.79 Å². The van der Waals surface area contributed by atoms with E-state index in [1.165, 1.54) is 0 Å². The highest BCUT2D eigenvalue weighted by Crippen LogP contribution is 2.32. The molecule has 1 N–H and O–H groups in total. The summed E-state index contributed by atoms with van der Waals surface area (Å²) in [6, 6.07) is 17.9. The van der Waals surface area contributed by atoms with E-state index in [1.54, 1.807) is 63.1 Å². The second-order valence-corrected chi connectivity index (χ2v) is 7.45. The van der Waals surface area contributed by atoms with Crippen molar-refractivity contribution >= 4 is 16.9 Å². The summed E-state index contributed by atoms with van der Waals surface area (Å²) in [5.74, 6) is 2.15. The van der Waals surface area contributed by atoms with Crippen molar-refractivity contribution in [2.45, 2.75) is 6.54 Å². The number of methoxy groups -OCH3 is 2. The summed E-state index contributed by atoms with van der Waals surface area (Å²) >= 11 is 0. The van der Waals surface area contributed by atoms with Crippen LogP contribution in [0.2, 0.25) is 0 Å². The Morgan fingerprint density at radius 1 is 0.824 bits per heavy atom. The third-order valence-corrected chi connectivity index (χ3v) is 5.34. The van der Waals surface area contributed by atoms with Crippen molar-refractivity contribution in [3.63, 3.8) is 0 Å². The van der Waals surface area contributed by atoms with Gasteiger partial charge in [0.15, 0.2) is 23.0 Å². The molecule has 1 amide bonds. The number of carbonyl (C=O) groups excluding carboxylic acids is 1. The lowest BCUT2D eigenvalue weighted by molar-refractivity contribution is 0.0951. The highest BCUT2D eigenvalue weighted by atomic mass is 16.5. The van der Waals surface area contributed by atoms with Gasteiger partial charge < -0.3 is 23.6 Å². The molecule has 8 nitrogen and oxygen atoms in total. The van der Waals surface area contributed by atoms with E-state index >= 15 is 0 Å². The maximum atomic E-state index is 12.9. The Balaban J connectivity index is 1.43. The summed E-state index contributed by atoms with van der Waals surface area (Å²) in [7, 11) is 3.15. The van der Waals surface area contributed by atoms with Crippen LogP contribution in [0.25, 0.3) is 33.9 Å². The molecular formula is C26H21N3O5. The number of carbonyl (C=O) groups is 1. The average molecular weight is 455 g/mol. The topological polar surface area (TPSA) is 99.6 Å². The minimum absolute atomic E-state index is 0.229. The van der Waals surface area contributed by atoms with Gasteiger partial charge in [0.1, 0.15) is 11.4 Å². The normalized spacial score (nSPS) is 10.9. The number of hydrogen-bond donors (Lipinski definition) is 1. The van der Waals surface area contributed by atoms with E-state index in [4.69, 9.17) is 28.3 Å². The maximum absolute atomic E-state index is 12.9. The van der Waals surface area contributed by atoms with E-state index in [0.717, 1.165) is 5.56 Å². The van der Waals surface area contributed by atoms with Gasteiger partial charge in [0.05, 0.1) is 37.8 Å². The molecule has 5 aromatic rings. The van der Waals surface area contributed by atoms with E-state index in [1.807, 2.05) is 24.3 Å². The number of nitrogens with zero attached hydrogens (tertiary/aromatic N) is 2. The van der Waals surface area contributed by atoms with Gasteiger partial charge >= 0.3 is 0 Å². The van der Waals surface area contributed by atoms with Crippen LogP contribution in [0.5, 0.6) is 11.5 Å². The number of rotatable bonds is 7. The molecule has 0 saturated heterocycles. The van der Waals surface area contributed by atoms with E-state index in [2.05, 4.69) is 5.32 Å². The molecule has 3 aromatic heterocycles. The van der Waals surface area contributed by atoms with Crippen LogP contribution >= 0.6 is 0 Å². The molecule has 3 heterocycles. The van der Waals surface area contributed by atoms with E-state index in [0.29, 0.717) is 57.5 Å². The predicted octanol–water partition coefficient (Wildman–Crippen LogP) is 5.10. The maximum Gasteiger partial charge on any atom is 0.251 e. The van der Waals surface area contributed by atoms with Crippen LogP contribution in [0.1, 0.15) is 15.9 Å². The summed E-state index contributed by atoms with van der Waals surface area (Å²) in [4.78, 5) is 22.3. The molecule has 0 aliphatic heterocycles. The first-order valence-electron chi connectivity index (χ1n) is 10.5. The molecule has 0 aliphatic carbocycles. The Morgan fingerprint density at radius 2 is 1.50 bits per heavy atom. The zero-order chi connectivity index (χ0) is 23.5. The molecule has 2 aromatic carbocycles. The molecule has 0 atom stereocenters. The van der Waals surface area contributed by atoms with Crippen LogP contribution < -0.4 is 14.8 Å². The molecule has 0 aliphatic rings. The zero-order valence-electron chi connectivity index (χ0n) is 18.6. The van der Waals surface area contributed by atoms with Crippen molar-refractivity contribution in [2.75, 3.05) is 14.2 Å². The highest BCUT2D eigenvalue weighted by molar-refractivity contribution is 5.97. The molecule has 0 saturated carbocycles. The molecular weight excluding hydrogens is 434 g/mol. The van der Waals surface area contributed by atoms with Crippen molar-refractivity contribution in [2.24, 2.45) is 0 Å². The van der Waals surface area contributed by atoms with Gasteiger partial charge in [0, 0.05) is 12.1 Å². The summed E-state index contributed by atoms with van der Waals surface area (Å²) in [6.45, 7) is 0.331. The SMILES string of the molecule is COc1ccc(CNC(=O)c2ccc3nc(-c4ccco4)c(-c4ccco4)nc3c2)cc1OC. The molecule has 0 radical (unpaired) electrons. The quantitative estimate of drug-likeness (QED) is 0.365. The number of fused-ring (bicyclic) bond motifs is 1. The van der Waals surface area contributed by atoms with Gasteiger partial charge in [-0.15, -0.1) is 0 Å². The number of amides is 1. The van der Waals surface area contributed by atoms with Gasteiger partial charge in [-0.05, 0) is 60.2 Å². The monoisotopic (exact) mass is 455 g/mol. The summed E-state index contributed by atoms with van der Waals surface area (Å²) in [5.41, 5.74) is 3.67. The molecule has 34 heavy (non-hydrogen) atoms. The van der Waals surface area contributed by atoms with Crippen LogP contribution in [0.4, 0.5) is 0 Å². The van der Waals surface area contributed by atoms with E-state index < -0.39 is 0 Å². The molecule has 8 heteroatoms.